The second-order valence-electron chi connectivity index (χ2n) is 5.40. The van der Waals surface area contributed by atoms with E-state index >= 15 is 0 Å². The van der Waals surface area contributed by atoms with E-state index in [4.69, 9.17) is 0 Å². The zero-order chi connectivity index (χ0) is 14.7. The highest BCUT2D eigenvalue weighted by Gasteiger charge is 2.27. The van der Waals surface area contributed by atoms with Crippen molar-refractivity contribution in [3.63, 3.8) is 0 Å². The third-order valence-corrected chi connectivity index (χ3v) is 3.61. The summed E-state index contributed by atoms with van der Waals surface area (Å²) in [5.41, 5.74) is 1.80. The Kier molecular flexibility index (Phi) is 4.27. The van der Waals surface area contributed by atoms with Crippen molar-refractivity contribution in [2.24, 2.45) is 0 Å². The maximum Gasteiger partial charge on any atom is 0.246 e. The van der Waals surface area contributed by atoms with Gasteiger partial charge in [0.1, 0.15) is 6.04 Å². The molecule has 0 unspecified atom stereocenters. The summed E-state index contributed by atoms with van der Waals surface area (Å²) >= 11 is 0. The molecule has 5 nitrogen and oxygen atoms in total. The fraction of sp³-hybridized carbons (Fsp3) is 0.467. The Balaban J connectivity index is 2.04. The molecule has 0 spiro atoms. The molecule has 1 atom stereocenters. The molecule has 1 aliphatic rings. The van der Waals surface area contributed by atoms with Crippen molar-refractivity contribution in [3.8, 4) is 0 Å². The largest absolute Gasteiger partial charge is 0.372 e. The number of carbonyl (C=O) groups is 2. The molecule has 1 aliphatic heterocycles. The molecule has 1 saturated heterocycles. The van der Waals surface area contributed by atoms with E-state index in [9.17, 15) is 9.59 Å². The molecule has 0 aromatic heterocycles. The van der Waals surface area contributed by atoms with E-state index in [1.807, 2.05) is 31.3 Å². The number of carbonyl (C=O) groups excluding carboxylic acids is 2. The van der Waals surface area contributed by atoms with Crippen LogP contribution in [-0.4, -0.2) is 30.9 Å². The van der Waals surface area contributed by atoms with Gasteiger partial charge in [0.15, 0.2) is 0 Å². The molecule has 2 rings (SSSR count). The number of nitrogens with zero attached hydrogens (tertiary/aromatic N) is 1. The molecule has 108 valence electrons. The van der Waals surface area contributed by atoms with Gasteiger partial charge in [0.2, 0.25) is 11.8 Å². The molecule has 1 fully saturated rings. The predicted octanol–water partition coefficient (Wildman–Crippen LogP) is 1.75. The lowest BCUT2D eigenvalue weighted by Gasteiger charge is -2.24. The zero-order valence-corrected chi connectivity index (χ0v) is 12.1. The number of amides is 2. The minimum atomic E-state index is -0.408. The van der Waals surface area contributed by atoms with Crippen molar-refractivity contribution in [2.75, 3.05) is 17.3 Å². The lowest BCUT2D eigenvalue weighted by Crippen LogP contribution is -2.37. The first-order chi connectivity index (χ1) is 9.47. The highest BCUT2D eigenvalue weighted by molar-refractivity contribution is 5.99. The average molecular weight is 275 g/mol. The summed E-state index contributed by atoms with van der Waals surface area (Å²) < 4.78 is 0. The quantitative estimate of drug-likeness (QED) is 0.880. The van der Waals surface area contributed by atoms with Gasteiger partial charge in [-0.05, 0) is 38.5 Å². The summed E-state index contributed by atoms with van der Waals surface area (Å²) in [5.74, 6) is -0.210. The summed E-state index contributed by atoms with van der Waals surface area (Å²) in [6, 6.07) is 7.69. The molecule has 2 amide bonds. The number of rotatable bonds is 4. The molecule has 2 N–H and O–H groups in total. The zero-order valence-electron chi connectivity index (χ0n) is 12.1. The minimum Gasteiger partial charge on any atom is -0.372 e. The second-order valence-corrected chi connectivity index (χ2v) is 5.40. The van der Waals surface area contributed by atoms with Crippen LogP contribution in [0.3, 0.4) is 0 Å². The van der Waals surface area contributed by atoms with Crippen LogP contribution in [-0.2, 0) is 9.59 Å². The van der Waals surface area contributed by atoms with Gasteiger partial charge in [0.25, 0.3) is 0 Å². The van der Waals surface area contributed by atoms with Crippen molar-refractivity contribution >= 4 is 23.2 Å². The Morgan fingerprint density at radius 1 is 1.45 bits per heavy atom. The maximum atomic E-state index is 12.0. The van der Waals surface area contributed by atoms with Gasteiger partial charge in [-0.1, -0.05) is 6.07 Å². The normalized spacial score (nSPS) is 18.0. The molecule has 1 aromatic carbocycles. The van der Waals surface area contributed by atoms with Gasteiger partial charge in [0.05, 0.1) is 0 Å². The van der Waals surface area contributed by atoms with Crippen molar-refractivity contribution in [2.45, 2.75) is 38.8 Å². The lowest BCUT2D eigenvalue weighted by molar-refractivity contribution is -0.122. The molecule has 0 saturated carbocycles. The van der Waals surface area contributed by atoms with Gasteiger partial charge < -0.3 is 15.5 Å². The molecule has 5 heteroatoms. The summed E-state index contributed by atoms with van der Waals surface area (Å²) in [6.07, 6.45) is 0.991. The van der Waals surface area contributed by atoms with Crippen molar-refractivity contribution in [1.29, 1.82) is 0 Å². The van der Waals surface area contributed by atoms with Gasteiger partial charge in [-0.15, -0.1) is 0 Å². The number of hydrogen-bond acceptors (Lipinski definition) is 3. The van der Waals surface area contributed by atoms with Gasteiger partial charge in [-0.25, -0.2) is 0 Å². The van der Waals surface area contributed by atoms with Gasteiger partial charge in [-0.2, -0.15) is 0 Å². The molecular weight excluding hydrogens is 254 g/mol. The Morgan fingerprint density at radius 2 is 2.20 bits per heavy atom. The Bertz CT molecular complexity index is 514. The van der Waals surface area contributed by atoms with Gasteiger partial charge in [0, 0.05) is 30.9 Å². The second kappa shape index (κ2) is 5.94. The number of benzene rings is 1. The van der Waals surface area contributed by atoms with Crippen LogP contribution < -0.4 is 15.5 Å². The summed E-state index contributed by atoms with van der Waals surface area (Å²) in [4.78, 5) is 25.3. The third kappa shape index (κ3) is 3.29. The Labute approximate surface area is 119 Å². The summed E-state index contributed by atoms with van der Waals surface area (Å²) in [7, 11) is 2.02. The van der Waals surface area contributed by atoms with Gasteiger partial charge in [-0.3, -0.25) is 9.59 Å². The first-order valence-electron chi connectivity index (χ1n) is 6.90. The van der Waals surface area contributed by atoms with Crippen molar-refractivity contribution in [3.05, 3.63) is 24.3 Å². The SMILES string of the molecule is CC(C)N(C)c1cccc(NC(=O)[C@H]2CCC(=O)N2)c1. The van der Waals surface area contributed by atoms with E-state index in [1.165, 1.54) is 0 Å². The predicted molar refractivity (Wildman–Crippen MR) is 79.8 cm³/mol. The van der Waals surface area contributed by atoms with Crippen molar-refractivity contribution in [1.82, 2.24) is 5.32 Å². The van der Waals surface area contributed by atoms with E-state index < -0.39 is 6.04 Å². The van der Waals surface area contributed by atoms with Crippen LogP contribution in [0, 0.1) is 0 Å². The Hall–Kier alpha value is -2.04. The maximum absolute atomic E-state index is 12.0. The van der Waals surface area contributed by atoms with E-state index in [0.29, 0.717) is 18.9 Å². The fourth-order valence-corrected chi connectivity index (χ4v) is 2.14. The molecular formula is C15H21N3O2. The molecule has 20 heavy (non-hydrogen) atoms. The van der Waals surface area contributed by atoms with E-state index in [-0.39, 0.29) is 11.8 Å². The number of nitrogens with one attached hydrogen (secondary N) is 2. The summed E-state index contributed by atoms with van der Waals surface area (Å²) in [5, 5.41) is 5.53. The van der Waals surface area contributed by atoms with Crippen LogP contribution in [0.1, 0.15) is 26.7 Å². The fourth-order valence-electron chi connectivity index (χ4n) is 2.14. The molecule has 1 heterocycles. The molecule has 0 bridgehead atoms. The van der Waals surface area contributed by atoms with E-state index in [1.54, 1.807) is 0 Å². The van der Waals surface area contributed by atoms with Crippen LogP contribution in [0.15, 0.2) is 24.3 Å². The van der Waals surface area contributed by atoms with E-state index in [0.717, 1.165) is 11.4 Å². The van der Waals surface area contributed by atoms with Crippen LogP contribution in [0.5, 0.6) is 0 Å². The average Bonchev–Trinajstić information content (AvgIpc) is 2.85. The number of anilines is 2. The number of hydrogen-bond donors (Lipinski definition) is 2. The van der Waals surface area contributed by atoms with Crippen molar-refractivity contribution < 1.29 is 9.59 Å². The molecule has 0 radical (unpaired) electrons. The standard InChI is InChI=1S/C15H21N3O2/c1-10(2)18(3)12-6-4-5-11(9-12)16-15(20)13-7-8-14(19)17-13/h4-6,9-10,13H,7-8H2,1-3H3,(H,16,20)(H,17,19)/t13-/m1/s1. The molecule has 0 aliphatic carbocycles. The smallest absolute Gasteiger partial charge is 0.246 e. The van der Waals surface area contributed by atoms with Crippen LogP contribution >= 0.6 is 0 Å². The van der Waals surface area contributed by atoms with Crippen LogP contribution in [0.2, 0.25) is 0 Å². The Morgan fingerprint density at radius 3 is 2.80 bits per heavy atom. The molecule has 1 aromatic rings. The monoisotopic (exact) mass is 275 g/mol. The lowest BCUT2D eigenvalue weighted by atomic mass is 10.2. The van der Waals surface area contributed by atoms with Crippen LogP contribution in [0.4, 0.5) is 11.4 Å². The first kappa shape index (κ1) is 14.4. The minimum absolute atomic E-state index is 0.0570. The highest BCUT2D eigenvalue weighted by Crippen LogP contribution is 2.20. The van der Waals surface area contributed by atoms with Crippen LogP contribution in [0.25, 0.3) is 0 Å². The third-order valence-electron chi connectivity index (χ3n) is 3.61. The first-order valence-corrected chi connectivity index (χ1v) is 6.90. The van der Waals surface area contributed by atoms with E-state index in [2.05, 4.69) is 29.4 Å². The highest BCUT2D eigenvalue weighted by atomic mass is 16.2. The summed E-state index contributed by atoms with van der Waals surface area (Å²) in [6.45, 7) is 4.22. The topological polar surface area (TPSA) is 61.4 Å². The van der Waals surface area contributed by atoms with Gasteiger partial charge >= 0.3 is 0 Å².